The Morgan fingerprint density at radius 1 is 1.62 bits per heavy atom. The van der Waals surface area contributed by atoms with Crippen molar-refractivity contribution in [2.75, 3.05) is 0 Å². The minimum absolute atomic E-state index is 0.0995. The highest BCUT2D eigenvalue weighted by molar-refractivity contribution is 5.73. The third kappa shape index (κ3) is 5.43. The molecule has 0 heterocycles. The number of nitrogens with two attached hydrogens (primary N) is 1. The molecular formula is C5H12N2O. The van der Waals surface area contributed by atoms with Gasteiger partial charge in [-0.2, -0.15) is 0 Å². The fourth-order valence-electron chi connectivity index (χ4n) is 0.454. The molecule has 0 unspecified atom stereocenters. The maximum absolute atomic E-state index is 10.3. The minimum Gasteiger partial charge on any atom is -0.339 e. The van der Waals surface area contributed by atoms with Crippen molar-refractivity contribution >= 4 is 5.91 Å². The van der Waals surface area contributed by atoms with Crippen LogP contribution < -0.4 is 11.1 Å². The van der Waals surface area contributed by atoms with Crippen LogP contribution in [0.5, 0.6) is 0 Å². The topological polar surface area (TPSA) is 55.1 Å². The van der Waals surface area contributed by atoms with E-state index in [9.17, 15) is 4.79 Å². The van der Waals surface area contributed by atoms with Gasteiger partial charge in [0.05, 0.1) is 5.66 Å². The van der Waals surface area contributed by atoms with Gasteiger partial charge in [0.1, 0.15) is 0 Å². The maximum atomic E-state index is 10.3. The molecule has 0 aromatic heterocycles. The lowest BCUT2D eigenvalue weighted by atomic mass is 10.3. The minimum atomic E-state index is -0.578. The van der Waals surface area contributed by atoms with Crippen LogP contribution >= 0.6 is 0 Å². The number of nitrogens with one attached hydrogen (secondary N) is 1. The summed E-state index contributed by atoms with van der Waals surface area (Å²) in [6.07, 6.45) is 0. The molecule has 3 heteroatoms. The van der Waals surface area contributed by atoms with E-state index in [4.69, 9.17) is 5.73 Å². The van der Waals surface area contributed by atoms with Crippen LogP contribution in [0.25, 0.3) is 0 Å². The fraction of sp³-hybridized carbons (Fsp3) is 0.800. The second-order valence-corrected chi connectivity index (χ2v) is 2.40. The van der Waals surface area contributed by atoms with E-state index >= 15 is 0 Å². The van der Waals surface area contributed by atoms with E-state index in [0.717, 1.165) is 0 Å². The van der Waals surface area contributed by atoms with Crippen LogP contribution in [0.1, 0.15) is 20.8 Å². The van der Waals surface area contributed by atoms with E-state index in [-0.39, 0.29) is 5.91 Å². The Kier molecular flexibility index (Phi) is 1.98. The molecule has 0 fully saturated rings. The van der Waals surface area contributed by atoms with Crippen molar-refractivity contribution in [2.24, 2.45) is 5.73 Å². The van der Waals surface area contributed by atoms with E-state index < -0.39 is 5.66 Å². The molecule has 8 heavy (non-hydrogen) atoms. The molecular weight excluding hydrogens is 104 g/mol. The van der Waals surface area contributed by atoms with Crippen LogP contribution in [0.3, 0.4) is 0 Å². The number of hydrogen-bond donors (Lipinski definition) is 2. The number of hydrogen-bond acceptors (Lipinski definition) is 2. The maximum Gasteiger partial charge on any atom is 0.218 e. The average Bonchev–Trinajstić information content (AvgIpc) is 1.21. The summed E-state index contributed by atoms with van der Waals surface area (Å²) in [7, 11) is 0. The van der Waals surface area contributed by atoms with Crippen molar-refractivity contribution in [3.05, 3.63) is 0 Å². The zero-order valence-corrected chi connectivity index (χ0v) is 5.49. The van der Waals surface area contributed by atoms with E-state index in [2.05, 4.69) is 5.32 Å². The van der Waals surface area contributed by atoms with Crippen molar-refractivity contribution in [1.29, 1.82) is 0 Å². The smallest absolute Gasteiger partial charge is 0.218 e. The van der Waals surface area contributed by atoms with Gasteiger partial charge in [-0.3, -0.25) is 4.79 Å². The molecule has 1 amide bonds. The fourth-order valence-corrected chi connectivity index (χ4v) is 0.454. The third-order valence-corrected chi connectivity index (χ3v) is 0.498. The first-order chi connectivity index (χ1) is 3.42. The third-order valence-electron chi connectivity index (χ3n) is 0.498. The average molecular weight is 116 g/mol. The summed E-state index contributed by atoms with van der Waals surface area (Å²) in [6, 6.07) is 0. The Morgan fingerprint density at radius 2 is 2.00 bits per heavy atom. The Bertz CT molecular complexity index is 93.1. The Hall–Kier alpha value is -0.570. The second-order valence-electron chi connectivity index (χ2n) is 2.40. The van der Waals surface area contributed by atoms with E-state index in [1.807, 2.05) is 0 Å². The van der Waals surface area contributed by atoms with Gasteiger partial charge in [0.25, 0.3) is 0 Å². The number of amides is 1. The molecule has 0 atom stereocenters. The van der Waals surface area contributed by atoms with Crippen molar-refractivity contribution in [2.45, 2.75) is 26.4 Å². The van der Waals surface area contributed by atoms with Gasteiger partial charge in [-0.1, -0.05) is 0 Å². The van der Waals surface area contributed by atoms with Gasteiger partial charge in [-0.15, -0.1) is 0 Å². The quantitative estimate of drug-likeness (QED) is 0.467. The summed E-state index contributed by atoms with van der Waals surface area (Å²) in [5, 5.41) is 2.52. The Balaban J connectivity index is 3.55. The van der Waals surface area contributed by atoms with Crippen molar-refractivity contribution < 1.29 is 4.79 Å². The summed E-state index contributed by atoms with van der Waals surface area (Å²) in [6.45, 7) is 4.90. The number of rotatable bonds is 1. The molecule has 0 radical (unpaired) electrons. The van der Waals surface area contributed by atoms with Crippen LogP contribution in [0.4, 0.5) is 0 Å². The molecule has 3 nitrogen and oxygen atoms in total. The van der Waals surface area contributed by atoms with Crippen LogP contribution in [0, 0.1) is 0 Å². The SMILES string of the molecule is CC(=O)NC(C)(C)N. The van der Waals surface area contributed by atoms with Gasteiger partial charge >= 0.3 is 0 Å². The van der Waals surface area contributed by atoms with Gasteiger partial charge in [0.15, 0.2) is 0 Å². The van der Waals surface area contributed by atoms with E-state index in [1.54, 1.807) is 13.8 Å². The van der Waals surface area contributed by atoms with Crippen LogP contribution in [0.15, 0.2) is 0 Å². The molecule has 0 saturated heterocycles. The largest absolute Gasteiger partial charge is 0.339 e. The molecule has 0 aromatic carbocycles. The molecule has 0 rings (SSSR count). The highest BCUT2D eigenvalue weighted by Gasteiger charge is 2.09. The molecule has 0 bridgehead atoms. The predicted octanol–water partition coefficient (Wildman–Crippen LogP) is -0.183. The lowest BCUT2D eigenvalue weighted by molar-refractivity contribution is -0.120. The first-order valence-corrected chi connectivity index (χ1v) is 2.49. The lowest BCUT2D eigenvalue weighted by Gasteiger charge is -2.18. The highest BCUT2D eigenvalue weighted by Crippen LogP contribution is 1.86. The monoisotopic (exact) mass is 116 g/mol. The van der Waals surface area contributed by atoms with E-state index in [0.29, 0.717) is 0 Å². The molecule has 3 N–H and O–H groups in total. The highest BCUT2D eigenvalue weighted by atomic mass is 16.1. The summed E-state index contributed by atoms with van der Waals surface area (Å²) in [5.41, 5.74) is 4.83. The van der Waals surface area contributed by atoms with Gasteiger partial charge in [0.2, 0.25) is 5.91 Å². The second kappa shape index (κ2) is 2.13. The van der Waals surface area contributed by atoms with Gasteiger partial charge < -0.3 is 11.1 Å². The van der Waals surface area contributed by atoms with E-state index in [1.165, 1.54) is 6.92 Å². The normalized spacial score (nSPS) is 11.0. The molecule has 0 aliphatic rings. The molecule has 0 aliphatic heterocycles. The summed E-state index contributed by atoms with van der Waals surface area (Å²) < 4.78 is 0. The van der Waals surface area contributed by atoms with Crippen LogP contribution in [-0.2, 0) is 4.79 Å². The van der Waals surface area contributed by atoms with Crippen LogP contribution in [0.2, 0.25) is 0 Å². The molecule has 0 aromatic rings. The standard InChI is InChI=1S/C5H12N2O/c1-4(8)7-5(2,3)6/h6H2,1-3H3,(H,7,8). The Labute approximate surface area is 49.3 Å². The van der Waals surface area contributed by atoms with Gasteiger partial charge in [-0.25, -0.2) is 0 Å². The first-order valence-electron chi connectivity index (χ1n) is 2.49. The number of carbonyl (C=O) groups excluding carboxylic acids is 1. The molecule has 0 spiro atoms. The number of carbonyl (C=O) groups is 1. The van der Waals surface area contributed by atoms with Crippen molar-refractivity contribution in [3.8, 4) is 0 Å². The van der Waals surface area contributed by atoms with Crippen molar-refractivity contribution in [3.63, 3.8) is 0 Å². The lowest BCUT2D eigenvalue weighted by Crippen LogP contribution is -2.49. The summed E-state index contributed by atoms with van der Waals surface area (Å²) in [5.74, 6) is -0.0995. The van der Waals surface area contributed by atoms with Gasteiger partial charge in [0, 0.05) is 6.92 Å². The van der Waals surface area contributed by atoms with Crippen molar-refractivity contribution in [1.82, 2.24) is 5.32 Å². The molecule has 0 saturated carbocycles. The zero-order valence-electron chi connectivity index (χ0n) is 5.49. The zero-order chi connectivity index (χ0) is 6.78. The van der Waals surface area contributed by atoms with Gasteiger partial charge in [-0.05, 0) is 13.8 Å². The molecule has 0 aliphatic carbocycles. The first kappa shape index (κ1) is 7.43. The Morgan fingerprint density at radius 3 is 2.00 bits per heavy atom. The van der Waals surface area contributed by atoms with Crippen LogP contribution in [-0.4, -0.2) is 11.6 Å². The predicted molar refractivity (Wildman–Crippen MR) is 32.1 cm³/mol. The summed E-state index contributed by atoms with van der Waals surface area (Å²) in [4.78, 5) is 10.3. The summed E-state index contributed by atoms with van der Waals surface area (Å²) >= 11 is 0. The molecule has 48 valence electrons.